The Labute approximate surface area is 109 Å². The molecule has 1 aromatic rings. The average Bonchev–Trinajstić information content (AvgIpc) is 3.17. The van der Waals surface area contributed by atoms with Gasteiger partial charge in [0, 0.05) is 12.1 Å². The van der Waals surface area contributed by atoms with Crippen LogP contribution in [0.25, 0.3) is 0 Å². The molecule has 2 rings (SSSR count). The highest BCUT2D eigenvalue weighted by Gasteiger charge is 2.21. The fourth-order valence-corrected chi connectivity index (χ4v) is 2.06. The third kappa shape index (κ3) is 3.64. The lowest BCUT2D eigenvalue weighted by molar-refractivity contribution is 0.266. The minimum absolute atomic E-state index is 0.669. The number of rotatable bonds is 8. The Kier molecular flexibility index (Phi) is 4.88. The molecule has 1 aliphatic carbocycles. The zero-order valence-corrected chi connectivity index (χ0v) is 11.4. The normalized spacial score (nSPS) is 14.6. The first-order valence-electron chi connectivity index (χ1n) is 6.87. The monoisotopic (exact) mass is 249 g/mol. The summed E-state index contributed by atoms with van der Waals surface area (Å²) in [6.07, 6.45) is 3.92. The summed E-state index contributed by atoms with van der Waals surface area (Å²) >= 11 is 0. The lowest BCUT2D eigenvalue weighted by Crippen LogP contribution is -2.09. The van der Waals surface area contributed by atoms with Crippen LogP contribution in [0.1, 0.15) is 31.7 Å². The highest BCUT2D eigenvalue weighted by molar-refractivity contribution is 5.46. The van der Waals surface area contributed by atoms with Gasteiger partial charge in [-0.25, -0.2) is 0 Å². The molecule has 3 heteroatoms. The SMILES string of the molecule is CCOc1cccc(CNC)c1OCCC1CC1. The van der Waals surface area contributed by atoms with E-state index in [1.807, 2.05) is 26.1 Å². The fraction of sp³-hybridized carbons (Fsp3) is 0.600. The Morgan fingerprint density at radius 2 is 2.11 bits per heavy atom. The van der Waals surface area contributed by atoms with Crippen molar-refractivity contribution in [1.82, 2.24) is 5.32 Å². The number of hydrogen-bond acceptors (Lipinski definition) is 3. The molecule has 0 aliphatic heterocycles. The van der Waals surface area contributed by atoms with E-state index in [0.29, 0.717) is 6.61 Å². The Morgan fingerprint density at radius 3 is 2.78 bits per heavy atom. The van der Waals surface area contributed by atoms with Gasteiger partial charge in [-0.05, 0) is 32.4 Å². The molecular formula is C15H23NO2. The van der Waals surface area contributed by atoms with E-state index in [1.165, 1.54) is 24.8 Å². The maximum Gasteiger partial charge on any atom is 0.165 e. The van der Waals surface area contributed by atoms with E-state index in [9.17, 15) is 0 Å². The number of hydrogen-bond donors (Lipinski definition) is 1. The third-order valence-corrected chi connectivity index (χ3v) is 3.20. The highest BCUT2D eigenvalue weighted by atomic mass is 16.5. The summed E-state index contributed by atoms with van der Waals surface area (Å²) in [5.74, 6) is 2.67. The molecule has 0 unspecified atom stereocenters. The van der Waals surface area contributed by atoms with Crippen LogP contribution >= 0.6 is 0 Å². The molecule has 1 aliphatic rings. The molecule has 1 N–H and O–H groups in total. The smallest absolute Gasteiger partial charge is 0.165 e. The molecule has 1 aromatic carbocycles. The van der Waals surface area contributed by atoms with Gasteiger partial charge in [0.25, 0.3) is 0 Å². The molecule has 0 heterocycles. The standard InChI is InChI=1S/C15H23NO2/c1-3-17-14-6-4-5-13(11-16-2)15(14)18-10-9-12-7-8-12/h4-6,12,16H,3,7-11H2,1-2H3. The van der Waals surface area contributed by atoms with Crippen LogP contribution in [-0.4, -0.2) is 20.3 Å². The summed E-state index contributed by atoms with van der Waals surface area (Å²) in [6.45, 7) is 4.27. The quantitative estimate of drug-likeness (QED) is 0.768. The van der Waals surface area contributed by atoms with Gasteiger partial charge >= 0.3 is 0 Å². The first-order chi connectivity index (χ1) is 8.85. The van der Waals surface area contributed by atoms with Crippen molar-refractivity contribution in [3.8, 4) is 11.5 Å². The van der Waals surface area contributed by atoms with Gasteiger partial charge < -0.3 is 14.8 Å². The van der Waals surface area contributed by atoms with Gasteiger partial charge in [-0.2, -0.15) is 0 Å². The number of benzene rings is 1. The lowest BCUT2D eigenvalue weighted by atomic mass is 10.2. The van der Waals surface area contributed by atoms with Crippen molar-refractivity contribution < 1.29 is 9.47 Å². The largest absolute Gasteiger partial charge is 0.490 e. The van der Waals surface area contributed by atoms with E-state index in [-0.39, 0.29) is 0 Å². The fourth-order valence-electron chi connectivity index (χ4n) is 2.06. The van der Waals surface area contributed by atoms with E-state index in [4.69, 9.17) is 9.47 Å². The summed E-state index contributed by atoms with van der Waals surface area (Å²) in [5.41, 5.74) is 1.17. The van der Waals surface area contributed by atoms with Crippen LogP contribution < -0.4 is 14.8 Å². The van der Waals surface area contributed by atoms with Gasteiger partial charge in [0.1, 0.15) is 0 Å². The van der Waals surface area contributed by atoms with Crippen molar-refractivity contribution >= 4 is 0 Å². The van der Waals surface area contributed by atoms with E-state index >= 15 is 0 Å². The second kappa shape index (κ2) is 6.64. The van der Waals surface area contributed by atoms with Gasteiger partial charge in [-0.3, -0.25) is 0 Å². The maximum absolute atomic E-state index is 5.96. The molecule has 18 heavy (non-hydrogen) atoms. The van der Waals surface area contributed by atoms with E-state index in [1.54, 1.807) is 0 Å². The van der Waals surface area contributed by atoms with Crippen LogP contribution in [-0.2, 0) is 6.54 Å². The molecule has 0 atom stereocenters. The second-order valence-electron chi connectivity index (χ2n) is 4.79. The lowest BCUT2D eigenvalue weighted by Gasteiger charge is -2.15. The first kappa shape index (κ1) is 13.2. The molecule has 0 bridgehead atoms. The van der Waals surface area contributed by atoms with Crippen LogP contribution in [0.15, 0.2) is 18.2 Å². The van der Waals surface area contributed by atoms with Crippen molar-refractivity contribution in [3.05, 3.63) is 23.8 Å². The number of nitrogens with one attached hydrogen (secondary N) is 1. The number of ether oxygens (including phenoxy) is 2. The Morgan fingerprint density at radius 1 is 1.28 bits per heavy atom. The maximum atomic E-state index is 5.96. The predicted molar refractivity (Wildman–Crippen MR) is 73.2 cm³/mol. The second-order valence-corrected chi connectivity index (χ2v) is 4.79. The molecule has 0 spiro atoms. The highest BCUT2D eigenvalue weighted by Crippen LogP contribution is 2.35. The van der Waals surface area contributed by atoms with Crippen molar-refractivity contribution in [2.24, 2.45) is 5.92 Å². The molecule has 0 aromatic heterocycles. The summed E-state index contributed by atoms with van der Waals surface area (Å²) in [5, 5.41) is 3.17. The molecule has 1 saturated carbocycles. The molecule has 1 fully saturated rings. The Bertz CT molecular complexity index is 351. The van der Waals surface area contributed by atoms with Crippen molar-refractivity contribution in [3.63, 3.8) is 0 Å². The van der Waals surface area contributed by atoms with Crippen LogP contribution in [0, 0.1) is 5.92 Å². The van der Waals surface area contributed by atoms with Gasteiger partial charge in [0.05, 0.1) is 13.2 Å². The van der Waals surface area contributed by atoms with Crippen LogP contribution in [0.3, 0.4) is 0 Å². The van der Waals surface area contributed by atoms with Crippen molar-refractivity contribution in [2.75, 3.05) is 20.3 Å². The minimum atomic E-state index is 0.669. The van der Waals surface area contributed by atoms with E-state index in [0.717, 1.165) is 30.6 Å². The topological polar surface area (TPSA) is 30.5 Å². The third-order valence-electron chi connectivity index (χ3n) is 3.20. The Hall–Kier alpha value is -1.22. The number of para-hydroxylation sites is 1. The van der Waals surface area contributed by atoms with Crippen LogP contribution in [0.2, 0.25) is 0 Å². The van der Waals surface area contributed by atoms with Gasteiger partial charge in [0.15, 0.2) is 11.5 Å². The minimum Gasteiger partial charge on any atom is -0.490 e. The summed E-state index contributed by atoms with van der Waals surface area (Å²) in [6, 6.07) is 6.09. The van der Waals surface area contributed by atoms with Crippen LogP contribution in [0.4, 0.5) is 0 Å². The van der Waals surface area contributed by atoms with E-state index in [2.05, 4.69) is 11.4 Å². The van der Waals surface area contributed by atoms with E-state index < -0.39 is 0 Å². The van der Waals surface area contributed by atoms with Crippen LogP contribution in [0.5, 0.6) is 11.5 Å². The predicted octanol–water partition coefficient (Wildman–Crippen LogP) is 2.98. The summed E-state index contributed by atoms with van der Waals surface area (Å²) < 4.78 is 11.6. The zero-order valence-electron chi connectivity index (χ0n) is 11.4. The first-order valence-corrected chi connectivity index (χ1v) is 6.87. The van der Waals surface area contributed by atoms with Crippen molar-refractivity contribution in [2.45, 2.75) is 32.7 Å². The molecule has 100 valence electrons. The summed E-state index contributed by atoms with van der Waals surface area (Å²) in [4.78, 5) is 0. The molecule has 3 nitrogen and oxygen atoms in total. The molecule has 0 radical (unpaired) electrons. The average molecular weight is 249 g/mol. The van der Waals surface area contributed by atoms with Gasteiger partial charge in [-0.15, -0.1) is 0 Å². The van der Waals surface area contributed by atoms with Crippen molar-refractivity contribution in [1.29, 1.82) is 0 Å². The zero-order chi connectivity index (χ0) is 12.8. The molecule has 0 amide bonds. The van der Waals surface area contributed by atoms with Gasteiger partial charge in [0.2, 0.25) is 0 Å². The Balaban J connectivity index is 2.04. The molecule has 0 saturated heterocycles. The summed E-state index contributed by atoms with van der Waals surface area (Å²) in [7, 11) is 1.95. The molecular weight excluding hydrogens is 226 g/mol. The van der Waals surface area contributed by atoms with Gasteiger partial charge in [-0.1, -0.05) is 25.0 Å².